The van der Waals surface area contributed by atoms with E-state index in [4.69, 9.17) is 5.73 Å². The monoisotopic (exact) mass is 402 g/mol. The van der Waals surface area contributed by atoms with Crippen molar-refractivity contribution in [3.8, 4) is 0 Å². The Morgan fingerprint density at radius 2 is 2.10 bits per heavy atom. The first kappa shape index (κ1) is 15.0. The molecule has 2 N–H and O–H groups in total. The van der Waals surface area contributed by atoms with Gasteiger partial charge in [-0.25, -0.2) is 9.37 Å². The molecular formula is C15H20FIN4. The normalized spacial score (nSPS) is 17.7. The smallest absolute Gasteiger partial charge is 0.201 e. The van der Waals surface area contributed by atoms with Gasteiger partial charge in [-0.1, -0.05) is 6.92 Å². The number of piperidine rings is 1. The predicted molar refractivity (Wildman–Crippen MR) is 91.8 cm³/mol. The molecule has 0 spiro atoms. The lowest BCUT2D eigenvalue weighted by atomic mass is 10.0. The molecule has 4 nitrogen and oxygen atoms in total. The van der Waals surface area contributed by atoms with Crippen LogP contribution in [0.4, 0.5) is 10.3 Å². The Morgan fingerprint density at radius 1 is 1.38 bits per heavy atom. The second-order valence-corrected chi connectivity index (χ2v) is 6.83. The van der Waals surface area contributed by atoms with Gasteiger partial charge in [0.2, 0.25) is 5.95 Å². The Morgan fingerprint density at radius 3 is 2.76 bits per heavy atom. The lowest BCUT2D eigenvalue weighted by Crippen LogP contribution is -2.35. The quantitative estimate of drug-likeness (QED) is 0.801. The number of fused-ring (bicyclic) bond motifs is 1. The summed E-state index contributed by atoms with van der Waals surface area (Å²) < 4.78 is 16.5. The number of halogens is 2. The fourth-order valence-corrected chi connectivity index (χ4v) is 3.66. The Bertz CT molecular complexity index is 647. The highest BCUT2D eigenvalue weighted by atomic mass is 127. The molecule has 114 valence electrons. The summed E-state index contributed by atoms with van der Waals surface area (Å²) in [6.45, 7) is 5.51. The molecule has 6 heteroatoms. The van der Waals surface area contributed by atoms with Crippen LogP contribution in [0.15, 0.2) is 12.1 Å². The average Bonchev–Trinajstić information content (AvgIpc) is 2.76. The molecule has 0 amide bonds. The maximum absolute atomic E-state index is 13.9. The van der Waals surface area contributed by atoms with Crippen molar-refractivity contribution in [1.82, 2.24) is 14.5 Å². The molecule has 0 radical (unpaired) electrons. The summed E-state index contributed by atoms with van der Waals surface area (Å²) in [4.78, 5) is 6.88. The van der Waals surface area contributed by atoms with Crippen molar-refractivity contribution in [3.63, 3.8) is 0 Å². The van der Waals surface area contributed by atoms with Crippen LogP contribution in [0.25, 0.3) is 11.0 Å². The lowest BCUT2D eigenvalue weighted by Gasteiger charge is -2.33. The highest BCUT2D eigenvalue weighted by molar-refractivity contribution is 14.1. The lowest BCUT2D eigenvalue weighted by molar-refractivity contribution is 0.189. The molecule has 0 aliphatic carbocycles. The molecule has 2 aromatic rings. The first-order chi connectivity index (χ1) is 10.1. The number of likely N-dealkylation sites (tertiary alicyclic amines) is 1. The number of nitrogen functional groups attached to an aromatic ring is 1. The van der Waals surface area contributed by atoms with E-state index in [0.29, 0.717) is 15.6 Å². The first-order valence-corrected chi connectivity index (χ1v) is 8.53. The fraction of sp³-hybridized carbons (Fsp3) is 0.533. The van der Waals surface area contributed by atoms with Crippen LogP contribution in [0, 0.1) is 9.39 Å². The minimum Gasteiger partial charge on any atom is -0.369 e. The number of rotatable bonds is 3. The van der Waals surface area contributed by atoms with Gasteiger partial charge >= 0.3 is 0 Å². The predicted octanol–water partition coefficient (Wildman–Crippen LogP) is 3.41. The van der Waals surface area contributed by atoms with Crippen molar-refractivity contribution in [1.29, 1.82) is 0 Å². The van der Waals surface area contributed by atoms with Crippen LogP contribution in [-0.4, -0.2) is 34.1 Å². The Hall–Kier alpha value is -0.890. The van der Waals surface area contributed by atoms with Gasteiger partial charge in [0.15, 0.2) is 0 Å². The van der Waals surface area contributed by atoms with Crippen molar-refractivity contribution < 1.29 is 4.39 Å². The van der Waals surface area contributed by atoms with E-state index in [1.807, 2.05) is 27.2 Å². The molecule has 1 aliphatic rings. The largest absolute Gasteiger partial charge is 0.369 e. The highest BCUT2D eigenvalue weighted by Gasteiger charge is 2.24. The number of hydrogen-bond acceptors (Lipinski definition) is 3. The second-order valence-electron chi connectivity index (χ2n) is 5.67. The van der Waals surface area contributed by atoms with Gasteiger partial charge in [-0.2, -0.15) is 0 Å². The van der Waals surface area contributed by atoms with Gasteiger partial charge in [-0.3, -0.25) is 0 Å². The molecule has 21 heavy (non-hydrogen) atoms. The first-order valence-electron chi connectivity index (χ1n) is 7.45. The minimum absolute atomic E-state index is 0.201. The van der Waals surface area contributed by atoms with Crippen LogP contribution in [0.5, 0.6) is 0 Å². The fourth-order valence-electron chi connectivity index (χ4n) is 3.21. The van der Waals surface area contributed by atoms with Crippen LogP contribution in [0.2, 0.25) is 0 Å². The number of aromatic nitrogens is 2. The van der Waals surface area contributed by atoms with Gasteiger partial charge in [0.05, 0.1) is 14.6 Å². The van der Waals surface area contributed by atoms with E-state index in [0.717, 1.165) is 43.5 Å². The maximum Gasteiger partial charge on any atom is 0.201 e. The van der Waals surface area contributed by atoms with Gasteiger partial charge in [0, 0.05) is 25.2 Å². The number of benzene rings is 1. The van der Waals surface area contributed by atoms with Crippen LogP contribution < -0.4 is 5.73 Å². The molecule has 1 aromatic heterocycles. The highest BCUT2D eigenvalue weighted by Crippen LogP contribution is 2.31. The van der Waals surface area contributed by atoms with E-state index in [2.05, 4.69) is 16.8 Å². The molecular weight excluding hydrogens is 382 g/mol. The summed E-state index contributed by atoms with van der Waals surface area (Å²) in [6.07, 6.45) is 3.27. The SMILES string of the molecule is CCCN1CCC(n2c(N)nc3cc(I)c(F)cc32)CC1. The summed E-state index contributed by atoms with van der Waals surface area (Å²) in [5.74, 6) is 0.299. The van der Waals surface area contributed by atoms with Gasteiger partial charge in [0.1, 0.15) is 5.82 Å². The van der Waals surface area contributed by atoms with Crippen molar-refractivity contribution in [3.05, 3.63) is 21.5 Å². The molecule has 0 saturated carbocycles. The third kappa shape index (κ3) is 2.88. The molecule has 2 heterocycles. The molecule has 0 bridgehead atoms. The van der Waals surface area contributed by atoms with Crippen molar-refractivity contribution in [2.24, 2.45) is 0 Å². The van der Waals surface area contributed by atoms with Gasteiger partial charge in [0.25, 0.3) is 0 Å². The van der Waals surface area contributed by atoms with Crippen LogP contribution in [0.3, 0.4) is 0 Å². The molecule has 0 atom stereocenters. The van der Waals surface area contributed by atoms with Crippen LogP contribution in [-0.2, 0) is 0 Å². The molecule has 1 fully saturated rings. The Kier molecular flexibility index (Phi) is 4.35. The van der Waals surface area contributed by atoms with Gasteiger partial charge in [-0.15, -0.1) is 0 Å². The standard InChI is InChI=1S/C15H20FIN4/c1-2-5-20-6-3-10(4-7-20)21-14-8-11(16)12(17)9-13(14)19-15(21)18/h8-10H,2-7H2,1H3,(H2,18,19). The maximum atomic E-state index is 13.9. The summed E-state index contributed by atoms with van der Waals surface area (Å²) in [5, 5.41) is 0. The number of nitrogens with two attached hydrogens (primary N) is 1. The molecule has 1 aliphatic heterocycles. The van der Waals surface area contributed by atoms with E-state index in [9.17, 15) is 4.39 Å². The summed E-state index contributed by atoms with van der Waals surface area (Å²) in [5.41, 5.74) is 7.70. The number of hydrogen-bond donors (Lipinski definition) is 1. The van der Waals surface area contributed by atoms with E-state index in [1.54, 1.807) is 12.1 Å². The number of imidazole rings is 1. The zero-order chi connectivity index (χ0) is 15.0. The molecule has 1 saturated heterocycles. The zero-order valence-electron chi connectivity index (χ0n) is 12.1. The molecule has 1 aromatic carbocycles. The Balaban J connectivity index is 1.90. The third-order valence-corrected chi connectivity index (χ3v) is 5.05. The molecule has 3 rings (SSSR count). The summed E-state index contributed by atoms with van der Waals surface area (Å²) >= 11 is 1.99. The number of anilines is 1. The van der Waals surface area contributed by atoms with E-state index in [-0.39, 0.29) is 5.82 Å². The second kappa shape index (κ2) is 6.08. The van der Waals surface area contributed by atoms with E-state index in [1.165, 1.54) is 6.42 Å². The average molecular weight is 402 g/mol. The Labute approximate surface area is 137 Å². The minimum atomic E-state index is -0.201. The van der Waals surface area contributed by atoms with Crippen molar-refractivity contribution in [2.75, 3.05) is 25.4 Å². The van der Waals surface area contributed by atoms with Gasteiger partial charge in [-0.05, 0) is 54.5 Å². The third-order valence-electron chi connectivity index (χ3n) is 4.22. The van der Waals surface area contributed by atoms with E-state index < -0.39 is 0 Å². The van der Waals surface area contributed by atoms with Crippen LogP contribution in [0.1, 0.15) is 32.2 Å². The topological polar surface area (TPSA) is 47.1 Å². The van der Waals surface area contributed by atoms with Crippen molar-refractivity contribution >= 4 is 39.6 Å². The van der Waals surface area contributed by atoms with Crippen molar-refractivity contribution in [2.45, 2.75) is 32.2 Å². The van der Waals surface area contributed by atoms with E-state index >= 15 is 0 Å². The van der Waals surface area contributed by atoms with Gasteiger partial charge < -0.3 is 15.2 Å². The zero-order valence-corrected chi connectivity index (χ0v) is 14.3. The molecule has 0 unspecified atom stereocenters. The summed E-state index contributed by atoms with van der Waals surface area (Å²) in [6, 6.07) is 3.66. The number of nitrogens with zero attached hydrogens (tertiary/aromatic N) is 3. The van der Waals surface area contributed by atoms with Crippen LogP contribution >= 0.6 is 22.6 Å². The summed E-state index contributed by atoms with van der Waals surface area (Å²) in [7, 11) is 0.